The first-order chi connectivity index (χ1) is 10.5. The molecule has 0 aromatic heterocycles. The number of aliphatic hydroxyl groups is 2. The summed E-state index contributed by atoms with van der Waals surface area (Å²) in [4.78, 5) is 13.7. The maximum Gasteiger partial charge on any atom is 0.267 e. The maximum absolute atomic E-state index is 12.2. The molecule has 0 unspecified atom stereocenters. The summed E-state index contributed by atoms with van der Waals surface area (Å²) < 4.78 is 0. The minimum absolute atomic E-state index is 0.124. The lowest BCUT2D eigenvalue weighted by molar-refractivity contribution is -0.112. The standard InChI is InChI=1S/C15H18ClN3O3/c1-11-13(16)3-2-4-14(11)18-15(22)12(9-17)10-19(5-7-20)6-8-21/h2-4,10,20-21H,5-8H2,1H3,(H,18,22)/b12-10-. The minimum Gasteiger partial charge on any atom is -0.395 e. The molecule has 0 aliphatic heterocycles. The van der Waals surface area contributed by atoms with Crippen molar-refractivity contribution in [1.82, 2.24) is 4.90 Å². The second kappa shape index (κ2) is 9.05. The van der Waals surface area contributed by atoms with Gasteiger partial charge >= 0.3 is 0 Å². The number of hydrogen-bond donors (Lipinski definition) is 3. The monoisotopic (exact) mass is 323 g/mol. The number of halogens is 1. The number of nitrogens with zero attached hydrogens (tertiary/aromatic N) is 2. The van der Waals surface area contributed by atoms with E-state index in [0.29, 0.717) is 16.3 Å². The van der Waals surface area contributed by atoms with Gasteiger partial charge in [0.05, 0.1) is 13.2 Å². The Morgan fingerprint density at radius 1 is 1.41 bits per heavy atom. The van der Waals surface area contributed by atoms with Crippen molar-refractivity contribution in [1.29, 1.82) is 5.26 Å². The summed E-state index contributed by atoms with van der Waals surface area (Å²) in [5, 5.41) is 30.1. The quantitative estimate of drug-likeness (QED) is 0.519. The van der Waals surface area contributed by atoms with E-state index in [9.17, 15) is 4.79 Å². The first kappa shape index (κ1) is 18.0. The van der Waals surface area contributed by atoms with Crippen LogP contribution in [-0.4, -0.2) is 47.3 Å². The van der Waals surface area contributed by atoms with Crippen molar-refractivity contribution in [3.63, 3.8) is 0 Å². The predicted molar refractivity (Wildman–Crippen MR) is 84.3 cm³/mol. The average Bonchev–Trinajstić information content (AvgIpc) is 2.49. The maximum atomic E-state index is 12.2. The fourth-order valence-electron chi connectivity index (χ4n) is 1.75. The van der Waals surface area contributed by atoms with Crippen molar-refractivity contribution in [2.45, 2.75) is 6.92 Å². The van der Waals surface area contributed by atoms with Crippen molar-refractivity contribution in [2.24, 2.45) is 0 Å². The molecule has 1 rings (SSSR count). The van der Waals surface area contributed by atoms with Gasteiger partial charge in [-0.3, -0.25) is 4.79 Å². The number of amides is 1. The van der Waals surface area contributed by atoms with Crippen LogP contribution in [0.25, 0.3) is 0 Å². The van der Waals surface area contributed by atoms with Gasteiger partial charge in [-0.1, -0.05) is 17.7 Å². The molecule has 7 heteroatoms. The van der Waals surface area contributed by atoms with Gasteiger partial charge in [0.25, 0.3) is 5.91 Å². The Morgan fingerprint density at radius 3 is 2.59 bits per heavy atom. The van der Waals surface area contributed by atoms with E-state index in [1.165, 1.54) is 11.1 Å². The molecular weight excluding hydrogens is 306 g/mol. The van der Waals surface area contributed by atoms with Gasteiger partial charge in [0.2, 0.25) is 0 Å². The summed E-state index contributed by atoms with van der Waals surface area (Å²) in [6.45, 7) is 1.90. The Balaban J connectivity index is 2.92. The van der Waals surface area contributed by atoms with Crippen LogP contribution < -0.4 is 5.32 Å². The van der Waals surface area contributed by atoms with Gasteiger partial charge in [-0.05, 0) is 24.6 Å². The van der Waals surface area contributed by atoms with E-state index in [0.717, 1.165) is 0 Å². The Hall–Kier alpha value is -2.07. The van der Waals surface area contributed by atoms with Crippen LogP contribution in [0.1, 0.15) is 5.56 Å². The zero-order valence-corrected chi connectivity index (χ0v) is 13.0. The molecule has 0 aliphatic carbocycles. The minimum atomic E-state index is -0.575. The molecule has 22 heavy (non-hydrogen) atoms. The number of nitriles is 1. The largest absolute Gasteiger partial charge is 0.395 e. The SMILES string of the molecule is Cc1c(Cl)cccc1NC(=O)/C(C#N)=C\N(CCO)CCO. The molecule has 118 valence electrons. The third kappa shape index (κ3) is 5.04. The molecule has 0 fully saturated rings. The van der Waals surface area contributed by atoms with Crippen molar-refractivity contribution in [3.8, 4) is 6.07 Å². The Kier molecular flexibility index (Phi) is 7.40. The van der Waals surface area contributed by atoms with E-state index in [-0.39, 0.29) is 31.9 Å². The summed E-state index contributed by atoms with van der Waals surface area (Å²) in [6, 6.07) is 6.91. The summed E-state index contributed by atoms with van der Waals surface area (Å²) in [5.74, 6) is -0.575. The van der Waals surface area contributed by atoms with Crippen LogP contribution >= 0.6 is 11.6 Å². The van der Waals surface area contributed by atoms with Crippen molar-refractivity contribution < 1.29 is 15.0 Å². The number of rotatable bonds is 7. The van der Waals surface area contributed by atoms with E-state index in [1.54, 1.807) is 25.1 Å². The highest BCUT2D eigenvalue weighted by Gasteiger charge is 2.13. The molecule has 0 spiro atoms. The number of aliphatic hydroxyl groups excluding tert-OH is 2. The Bertz CT molecular complexity index is 590. The van der Waals surface area contributed by atoms with Crippen LogP contribution in [0.15, 0.2) is 30.0 Å². The van der Waals surface area contributed by atoms with Crippen LogP contribution in [0.4, 0.5) is 5.69 Å². The number of carbonyl (C=O) groups excluding carboxylic acids is 1. The van der Waals surface area contributed by atoms with Crippen LogP contribution in [0.2, 0.25) is 5.02 Å². The van der Waals surface area contributed by atoms with Crippen molar-refractivity contribution in [2.75, 3.05) is 31.6 Å². The summed E-state index contributed by atoms with van der Waals surface area (Å²) in [7, 11) is 0. The number of hydrogen-bond acceptors (Lipinski definition) is 5. The zero-order chi connectivity index (χ0) is 16.5. The van der Waals surface area contributed by atoms with Gasteiger partial charge in [0.15, 0.2) is 0 Å². The molecule has 6 nitrogen and oxygen atoms in total. The lowest BCUT2D eigenvalue weighted by Crippen LogP contribution is -2.26. The first-order valence-corrected chi connectivity index (χ1v) is 7.05. The molecule has 0 heterocycles. The van der Waals surface area contributed by atoms with Crippen LogP contribution in [0.3, 0.4) is 0 Å². The second-order valence-corrected chi connectivity index (χ2v) is 4.91. The number of carbonyl (C=O) groups is 1. The summed E-state index contributed by atoms with van der Waals surface area (Å²) in [5.41, 5.74) is 1.10. The van der Waals surface area contributed by atoms with E-state index in [2.05, 4.69) is 5.32 Å². The first-order valence-electron chi connectivity index (χ1n) is 6.67. The highest BCUT2D eigenvalue weighted by atomic mass is 35.5. The normalized spacial score (nSPS) is 11.0. The molecule has 0 radical (unpaired) electrons. The summed E-state index contributed by atoms with van der Waals surface area (Å²) in [6.07, 6.45) is 1.32. The Morgan fingerprint density at radius 2 is 2.05 bits per heavy atom. The van der Waals surface area contributed by atoms with Gasteiger partial charge in [-0.25, -0.2) is 0 Å². The highest BCUT2D eigenvalue weighted by molar-refractivity contribution is 6.31. The van der Waals surface area contributed by atoms with Crippen LogP contribution in [0.5, 0.6) is 0 Å². The fraction of sp³-hybridized carbons (Fsp3) is 0.333. The number of benzene rings is 1. The van der Waals surface area contributed by atoms with E-state index < -0.39 is 5.91 Å². The van der Waals surface area contributed by atoms with E-state index in [1.807, 2.05) is 6.07 Å². The highest BCUT2D eigenvalue weighted by Crippen LogP contribution is 2.23. The van der Waals surface area contributed by atoms with Gasteiger partial charge in [-0.15, -0.1) is 0 Å². The molecule has 3 N–H and O–H groups in total. The smallest absolute Gasteiger partial charge is 0.267 e. The topological polar surface area (TPSA) is 96.6 Å². The lowest BCUT2D eigenvalue weighted by atomic mass is 10.2. The molecule has 0 saturated carbocycles. The third-order valence-corrected chi connectivity index (χ3v) is 3.38. The Labute approximate surface area is 134 Å². The molecule has 0 bridgehead atoms. The molecule has 0 atom stereocenters. The van der Waals surface area contributed by atoms with Gasteiger partial charge in [0.1, 0.15) is 11.6 Å². The van der Waals surface area contributed by atoms with Gasteiger partial charge in [0, 0.05) is 30.0 Å². The summed E-state index contributed by atoms with van der Waals surface area (Å²) >= 11 is 5.98. The van der Waals surface area contributed by atoms with Crippen molar-refractivity contribution in [3.05, 3.63) is 40.6 Å². The van der Waals surface area contributed by atoms with Crippen LogP contribution in [-0.2, 0) is 4.79 Å². The van der Waals surface area contributed by atoms with Crippen LogP contribution in [0, 0.1) is 18.3 Å². The van der Waals surface area contributed by atoms with E-state index in [4.69, 9.17) is 27.1 Å². The third-order valence-electron chi connectivity index (χ3n) is 2.97. The van der Waals surface area contributed by atoms with Gasteiger partial charge < -0.3 is 20.4 Å². The second-order valence-electron chi connectivity index (χ2n) is 4.50. The number of nitrogens with one attached hydrogen (secondary N) is 1. The molecule has 1 amide bonds. The fourth-order valence-corrected chi connectivity index (χ4v) is 1.93. The van der Waals surface area contributed by atoms with Gasteiger partial charge in [-0.2, -0.15) is 5.26 Å². The lowest BCUT2D eigenvalue weighted by Gasteiger charge is -2.18. The predicted octanol–water partition coefficient (Wildman–Crippen LogP) is 1.28. The zero-order valence-electron chi connectivity index (χ0n) is 12.2. The molecule has 0 saturated heterocycles. The molecule has 0 aliphatic rings. The average molecular weight is 324 g/mol. The molecular formula is C15H18ClN3O3. The molecule has 1 aromatic carbocycles. The number of anilines is 1. The van der Waals surface area contributed by atoms with Crippen molar-refractivity contribution >= 4 is 23.2 Å². The van der Waals surface area contributed by atoms with E-state index >= 15 is 0 Å². The molecule has 1 aromatic rings.